The Morgan fingerprint density at radius 3 is 2.54 bits per heavy atom. The average Bonchev–Trinajstić information content (AvgIpc) is 3.25. The van der Waals surface area contributed by atoms with E-state index in [1.165, 1.54) is 6.20 Å². The number of nitrogens with zero attached hydrogens (tertiary/aromatic N) is 4. The quantitative estimate of drug-likeness (QED) is 0.416. The molecule has 1 saturated heterocycles. The van der Waals surface area contributed by atoms with E-state index in [4.69, 9.17) is 26.8 Å². The number of ether oxygens (including phenoxy) is 2. The van der Waals surface area contributed by atoms with Gasteiger partial charge in [-0.2, -0.15) is 4.98 Å². The molecular formula is C25H25ClN6O3. The molecule has 0 radical (unpaired) electrons. The number of nitrogens with two attached hydrogens (primary N) is 1. The second kappa shape index (κ2) is 9.16. The highest BCUT2D eigenvalue weighted by molar-refractivity contribution is 6.33. The zero-order chi connectivity index (χ0) is 24.6. The van der Waals surface area contributed by atoms with Crippen molar-refractivity contribution in [3.8, 4) is 23.0 Å². The number of hydrogen-bond acceptors (Lipinski definition) is 7. The number of H-pyrrole nitrogens is 1. The summed E-state index contributed by atoms with van der Waals surface area (Å²) in [5.41, 5.74) is 8.96. The molecule has 0 saturated carbocycles. The van der Waals surface area contributed by atoms with Crippen molar-refractivity contribution >= 4 is 34.4 Å². The van der Waals surface area contributed by atoms with Crippen LogP contribution in [0.25, 0.3) is 22.4 Å². The molecule has 180 valence electrons. The van der Waals surface area contributed by atoms with Crippen molar-refractivity contribution in [2.75, 3.05) is 31.2 Å². The molecule has 1 aromatic carbocycles. The van der Waals surface area contributed by atoms with E-state index in [2.05, 4.69) is 37.0 Å². The maximum absolute atomic E-state index is 11.7. The van der Waals surface area contributed by atoms with E-state index in [9.17, 15) is 4.79 Å². The van der Waals surface area contributed by atoms with Crippen molar-refractivity contribution in [2.45, 2.75) is 19.3 Å². The largest absolute Gasteiger partial charge is 0.424 e. The van der Waals surface area contributed by atoms with Gasteiger partial charge in [0.05, 0.1) is 46.8 Å². The van der Waals surface area contributed by atoms with Crippen LogP contribution in [0.3, 0.4) is 0 Å². The fraction of sp³-hybridized carbons (Fsp3) is 0.280. The summed E-state index contributed by atoms with van der Waals surface area (Å²) in [6, 6.07) is 13.6. The van der Waals surface area contributed by atoms with Crippen LogP contribution in [0.15, 0.2) is 48.7 Å². The third-order valence-corrected chi connectivity index (χ3v) is 6.42. The van der Waals surface area contributed by atoms with Gasteiger partial charge in [0.1, 0.15) is 5.75 Å². The molecule has 0 spiro atoms. The Morgan fingerprint density at radius 2 is 1.89 bits per heavy atom. The Labute approximate surface area is 207 Å². The lowest BCUT2D eigenvalue weighted by Gasteiger charge is -2.28. The Kier molecular flexibility index (Phi) is 6.04. The van der Waals surface area contributed by atoms with Gasteiger partial charge in [-0.3, -0.25) is 9.78 Å². The highest BCUT2D eigenvalue weighted by atomic mass is 35.5. The lowest BCUT2D eigenvalue weighted by atomic mass is 9.88. The fourth-order valence-corrected chi connectivity index (χ4v) is 4.11. The molecule has 1 aliphatic heterocycles. The molecule has 0 aliphatic carbocycles. The van der Waals surface area contributed by atoms with Crippen LogP contribution < -0.4 is 15.4 Å². The first-order valence-electron chi connectivity index (χ1n) is 11.2. The van der Waals surface area contributed by atoms with Crippen LogP contribution in [0.1, 0.15) is 19.5 Å². The molecule has 4 aromatic rings. The molecule has 0 bridgehead atoms. The molecule has 1 amide bonds. The molecule has 3 N–H and O–H groups in total. The first-order chi connectivity index (χ1) is 16.8. The number of hydrogen-bond donors (Lipinski definition) is 2. The third-order valence-electron chi connectivity index (χ3n) is 6.13. The van der Waals surface area contributed by atoms with Gasteiger partial charge in [-0.15, -0.1) is 0 Å². The van der Waals surface area contributed by atoms with Crippen molar-refractivity contribution in [1.29, 1.82) is 0 Å². The van der Waals surface area contributed by atoms with Gasteiger partial charge in [0.25, 0.3) is 0 Å². The number of morpholine rings is 1. The lowest BCUT2D eigenvalue weighted by Crippen LogP contribution is -2.36. The minimum atomic E-state index is -0.880. The van der Waals surface area contributed by atoms with Crippen molar-refractivity contribution in [1.82, 2.24) is 19.9 Å². The van der Waals surface area contributed by atoms with Crippen LogP contribution in [0, 0.1) is 0 Å². The smallest absolute Gasteiger partial charge is 0.301 e. The number of pyridine rings is 2. The average molecular weight is 493 g/mol. The van der Waals surface area contributed by atoms with Gasteiger partial charge in [-0.05, 0) is 44.2 Å². The molecule has 0 unspecified atom stereocenters. The molecule has 4 heterocycles. The van der Waals surface area contributed by atoms with Gasteiger partial charge in [0.2, 0.25) is 5.91 Å². The number of carbonyl (C=O) groups is 1. The van der Waals surface area contributed by atoms with Gasteiger partial charge < -0.3 is 25.1 Å². The van der Waals surface area contributed by atoms with Crippen LogP contribution >= 0.6 is 11.6 Å². The first kappa shape index (κ1) is 23.1. The van der Waals surface area contributed by atoms with Crippen LogP contribution in [0.2, 0.25) is 5.02 Å². The van der Waals surface area contributed by atoms with E-state index < -0.39 is 11.3 Å². The number of aromatic amines is 1. The van der Waals surface area contributed by atoms with Gasteiger partial charge in [-0.1, -0.05) is 23.7 Å². The highest BCUT2D eigenvalue weighted by Gasteiger charge is 2.28. The number of rotatable bonds is 6. The summed E-state index contributed by atoms with van der Waals surface area (Å²) in [5.74, 6) is 0.00328. The van der Waals surface area contributed by atoms with Crippen LogP contribution in [0.4, 0.5) is 5.69 Å². The number of anilines is 1. The number of fused-ring (bicyclic) bond motifs is 1. The molecule has 35 heavy (non-hydrogen) atoms. The minimum Gasteiger partial charge on any atom is -0.424 e. The van der Waals surface area contributed by atoms with E-state index in [1.54, 1.807) is 32.0 Å². The highest BCUT2D eigenvalue weighted by Crippen LogP contribution is 2.32. The van der Waals surface area contributed by atoms with E-state index in [1.807, 2.05) is 12.1 Å². The van der Waals surface area contributed by atoms with E-state index in [0.29, 0.717) is 33.3 Å². The van der Waals surface area contributed by atoms with E-state index in [0.717, 1.165) is 37.6 Å². The van der Waals surface area contributed by atoms with Gasteiger partial charge in [0.15, 0.2) is 5.65 Å². The Balaban J connectivity index is 1.36. The maximum atomic E-state index is 11.7. The second-order valence-corrected chi connectivity index (χ2v) is 9.26. The first-order valence-corrected chi connectivity index (χ1v) is 11.6. The van der Waals surface area contributed by atoms with Crippen molar-refractivity contribution in [3.05, 3.63) is 59.4 Å². The summed E-state index contributed by atoms with van der Waals surface area (Å²) in [5, 5.41) is 0.506. The Morgan fingerprint density at radius 1 is 1.14 bits per heavy atom. The summed E-state index contributed by atoms with van der Waals surface area (Å²) in [6.07, 6.45) is 1.52. The minimum absolute atomic E-state index is 0.257. The molecule has 0 atom stereocenters. The zero-order valence-electron chi connectivity index (χ0n) is 19.4. The van der Waals surface area contributed by atoms with E-state index >= 15 is 0 Å². The third kappa shape index (κ3) is 4.65. The molecular weight excluding hydrogens is 468 g/mol. The second-order valence-electron chi connectivity index (χ2n) is 8.85. The number of carbonyl (C=O) groups excluding carboxylic acids is 1. The Hall–Kier alpha value is -3.69. The maximum Gasteiger partial charge on any atom is 0.301 e. The number of primary amides is 1. The number of aromatic nitrogens is 4. The van der Waals surface area contributed by atoms with Crippen molar-refractivity contribution in [2.24, 2.45) is 5.73 Å². The molecule has 9 nitrogen and oxygen atoms in total. The van der Waals surface area contributed by atoms with Crippen molar-refractivity contribution < 1.29 is 14.3 Å². The van der Waals surface area contributed by atoms with Gasteiger partial charge in [-0.25, -0.2) is 4.98 Å². The number of nitrogens with one attached hydrogen (secondary N) is 1. The van der Waals surface area contributed by atoms with Crippen LogP contribution in [-0.2, 0) is 14.9 Å². The summed E-state index contributed by atoms with van der Waals surface area (Å²) >= 11 is 6.56. The summed E-state index contributed by atoms with van der Waals surface area (Å²) in [4.78, 5) is 30.5. The van der Waals surface area contributed by atoms with E-state index in [-0.39, 0.29) is 6.01 Å². The molecule has 10 heteroatoms. The predicted molar refractivity (Wildman–Crippen MR) is 134 cm³/mol. The molecule has 1 aliphatic rings. The lowest BCUT2D eigenvalue weighted by molar-refractivity contribution is -0.122. The summed E-state index contributed by atoms with van der Waals surface area (Å²) in [7, 11) is 0. The molecule has 5 rings (SSSR count). The number of benzene rings is 1. The number of amides is 1. The standard InChI is InChI=1S/C25H25ClN6O3/c1-25(2,23(27)33)20-8-7-17(14-28-20)35-24-29-19-13-18(26)21(30-22(19)31-24)15-3-5-16(6-4-15)32-9-11-34-12-10-32/h3-8,13-14H,9-12H2,1-2H3,(H2,27,33)(H,29,30,31). The summed E-state index contributed by atoms with van der Waals surface area (Å²) < 4.78 is 11.2. The van der Waals surface area contributed by atoms with Crippen molar-refractivity contribution in [3.63, 3.8) is 0 Å². The van der Waals surface area contributed by atoms with Gasteiger partial charge >= 0.3 is 6.01 Å². The summed E-state index contributed by atoms with van der Waals surface area (Å²) in [6.45, 7) is 6.67. The van der Waals surface area contributed by atoms with Crippen LogP contribution in [0.5, 0.6) is 11.8 Å². The SMILES string of the molecule is CC(C)(C(N)=O)c1ccc(Oc2nc3nc(-c4ccc(N5CCOCC5)cc4)c(Cl)cc3[nH]2)cn1. The fourth-order valence-electron chi connectivity index (χ4n) is 3.85. The number of halogens is 1. The topological polar surface area (TPSA) is 119 Å². The molecule has 3 aromatic heterocycles. The monoisotopic (exact) mass is 492 g/mol. The normalized spacial score (nSPS) is 14.3. The molecule has 1 fully saturated rings. The Bertz CT molecular complexity index is 1360. The van der Waals surface area contributed by atoms with Crippen LogP contribution in [-0.4, -0.2) is 52.1 Å². The predicted octanol–water partition coefficient (Wildman–Crippen LogP) is 4.07. The zero-order valence-corrected chi connectivity index (χ0v) is 20.2. The number of imidazole rings is 1. The van der Waals surface area contributed by atoms with Gasteiger partial charge in [0, 0.05) is 24.3 Å².